The molecule has 0 saturated carbocycles. The number of carbonyl (C=O) groups excluding carboxylic acids is 1. The molecule has 1 atom stereocenters. The van der Waals surface area contributed by atoms with Crippen molar-refractivity contribution in [3.8, 4) is 5.75 Å². The van der Waals surface area contributed by atoms with Crippen molar-refractivity contribution in [2.24, 2.45) is 0 Å². The number of nitrogens with one attached hydrogen (secondary N) is 1. The predicted molar refractivity (Wildman–Crippen MR) is 102 cm³/mol. The molecule has 6 heteroatoms. The van der Waals surface area contributed by atoms with Gasteiger partial charge >= 0.3 is 6.61 Å². The fourth-order valence-electron chi connectivity index (χ4n) is 2.74. The molecule has 0 aliphatic rings. The van der Waals surface area contributed by atoms with Gasteiger partial charge in [0.1, 0.15) is 17.3 Å². The van der Waals surface area contributed by atoms with Gasteiger partial charge in [0, 0.05) is 6.08 Å². The standard InChI is InChI=1S/C22H19F2NO3/c1-15-7-10-18(27-15)13-14-20(26)25-21(16-5-3-2-4-6-16)17-8-11-19(12-9-17)28-22(23)24/h2-14,21-22H,1H3,(H,25,26). The van der Waals surface area contributed by atoms with Crippen LogP contribution in [-0.4, -0.2) is 12.5 Å². The largest absolute Gasteiger partial charge is 0.462 e. The molecule has 1 amide bonds. The zero-order valence-electron chi connectivity index (χ0n) is 15.1. The molecule has 144 valence electrons. The zero-order chi connectivity index (χ0) is 19.9. The van der Waals surface area contributed by atoms with Crippen LogP contribution in [0.15, 0.2) is 77.2 Å². The van der Waals surface area contributed by atoms with E-state index in [1.807, 2.05) is 43.3 Å². The van der Waals surface area contributed by atoms with Gasteiger partial charge in [-0.05, 0) is 48.4 Å². The molecule has 1 unspecified atom stereocenters. The average Bonchev–Trinajstić information content (AvgIpc) is 3.11. The smallest absolute Gasteiger partial charge is 0.387 e. The highest BCUT2D eigenvalue weighted by Crippen LogP contribution is 2.25. The number of furan rings is 1. The second-order valence-corrected chi connectivity index (χ2v) is 6.08. The van der Waals surface area contributed by atoms with E-state index in [4.69, 9.17) is 4.42 Å². The van der Waals surface area contributed by atoms with Gasteiger partial charge < -0.3 is 14.5 Å². The summed E-state index contributed by atoms with van der Waals surface area (Å²) in [5.74, 6) is 1.09. The molecular formula is C22H19F2NO3. The van der Waals surface area contributed by atoms with Crippen LogP contribution in [0.1, 0.15) is 28.7 Å². The molecule has 0 aliphatic carbocycles. The maximum absolute atomic E-state index is 12.4. The Bertz CT molecular complexity index is 934. The van der Waals surface area contributed by atoms with E-state index in [0.717, 1.165) is 16.9 Å². The van der Waals surface area contributed by atoms with Gasteiger partial charge in [0.25, 0.3) is 0 Å². The number of carbonyl (C=O) groups is 1. The number of halogens is 2. The van der Waals surface area contributed by atoms with E-state index in [0.29, 0.717) is 5.76 Å². The molecule has 0 bridgehead atoms. The minimum absolute atomic E-state index is 0.0602. The molecule has 3 rings (SSSR count). The fourth-order valence-corrected chi connectivity index (χ4v) is 2.74. The first kappa shape index (κ1) is 19.4. The molecule has 2 aromatic carbocycles. The normalized spacial score (nSPS) is 12.3. The summed E-state index contributed by atoms with van der Waals surface area (Å²) in [6, 6.07) is 18.7. The van der Waals surface area contributed by atoms with Crippen LogP contribution in [0.2, 0.25) is 0 Å². The monoisotopic (exact) mass is 383 g/mol. The molecule has 1 N–H and O–H groups in total. The van der Waals surface area contributed by atoms with Gasteiger partial charge in [-0.25, -0.2) is 0 Å². The van der Waals surface area contributed by atoms with Crippen molar-refractivity contribution in [3.05, 3.63) is 95.5 Å². The van der Waals surface area contributed by atoms with Crippen molar-refractivity contribution in [2.45, 2.75) is 19.6 Å². The third kappa shape index (κ3) is 5.30. The van der Waals surface area contributed by atoms with Crippen LogP contribution in [0.4, 0.5) is 8.78 Å². The second kappa shape index (κ2) is 8.99. The van der Waals surface area contributed by atoms with Crippen LogP contribution in [0.5, 0.6) is 5.75 Å². The number of hydrogen-bond acceptors (Lipinski definition) is 3. The first-order chi connectivity index (χ1) is 13.5. The van der Waals surface area contributed by atoms with Crippen molar-refractivity contribution in [3.63, 3.8) is 0 Å². The summed E-state index contributed by atoms with van der Waals surface area (Å²) < 4.78 is 34.5. The minimum Gasteiger partial charge on any atom is -0.462 e. The molecule has 0 aliphatic heterocycles. The van der Waals surface area contributed by atoms with Gasteiger partial charge in [-0.1, -0.05) is 42.5 Å². The van der Waals surface area contributed by atoms with Crippen molar-refractivity contribution in [1.29, 1.82) is 0 Å². The van der Waals surface area contributed by atoms with Crippen LogP contribution < -0.4 is 10.1 Å². The van der Waals surface area contributed by atoms with E-state index in [9.17, 15) is 13.6 Å². The van der Waals surface area contributed by atoms with Crippen LogP contribution in [0.3, 0.4) is 0 Å². The van der Waals surface area contributed by atoms with Crippen LogP contribution in [0.25, 0.3) is 6.08 Å². The number of rotatable bonds is 7. The number of benzene rings is 2. The van der Waals surface area contributed by atoms with E-state index in [1.54, 1.807) is 24.3 Å². The second-order valence-electron chi connectivity index (χ2n) is 6.08. The number of aryl methyl sites for hydroxylation is 1. The van der Waals surface area contributed by atoms with Crippen molar-refractivity contribution < 1.29 is 22.7 Å². The van der Waals surface area contributed by atoms with Gasteiger partial charge in [-0.15, -0.1) is 0 Å². The van der Waals surface area contributed by atoms with Gasteiger partial charge in [-0.2, -0.15) is 8.78 Å². The average molecular weight is 383 g/mol. The van der Waals surface area contributed by atoms with E-state index in [2.05, 4.69) is 10.1 Å². The third-order valence-electron chi connectivity index (χ3n) is 4.02. The molecule has 0 fully saturated rings. The maximum Gasteiger partial charge on any atom is 0.387 e. The lowest BCUT2D eigenvalue weighted by Gasteiger charge is -2.19. The molecule has 1 aromatic heterocycles. The Balaban J connectivity index is 1.79. The number of amides is 1. The van der Waals surface area contributed by atoms with E-state index in [-0.39, 0.29) is 11.7 Å². The lowest BCUT2D eigenvalue weighted by molar-refractivity contribution is -0.116. The molecule has 1 heterocycles. The summed E-state index contributed by atoms with van der Waals surface area (Å²) in [6.07, 6.45) is 2.98. The summed E-state index contributed by atoms with van der Waals surface area (Å²) in [4.78, 5) is 12.4. The third-order valence-corrected chi connectivity index (χ3v) is 4.02. The first-order valence-electron chi connectivity index (χ1n) is 8.66. The topological polar surface area (TPSA) is 51.5 Å². The van der Waals surface area contributed by atoms with E-state index in [1.165, 1.54) is 18.2 Å². The van der Waals surface area contributed by atoms with Crippen LogP contribution in [0, 0.1) is 6.92 Å². The molecular weight excluding hydrogens is 364 g/mol. The molecule has 0 spiro atoms. The Morgan fingerprint density at radius 3 is 2.29 bits per heavy atom. The van der Waals surface area contributed by atoms with Gasteiger partial charge in [0.2, 0.25) is 5.91 Å². The Kier molecular flexibility index (Phi) is 6.22. The Labute approximate surface area is 161 Å². The number of ether oxygens (including phenoxy) is 1. The van der Waals surface area contributed by atoms with Crippen LogP contribution in [-0.2, 0) is 4.79 Å². The molecule has 0 radical (unpaired) electrons. The number of hydrogen-bond donors (Lipinski definition) is 1. The molecule has 4 nitrogen and oxygen atoms in total. The Hall–Kier alpha value is -3.41. The molecule has 28 heavy (non-hydrogen) atoms. The Morgan fingerprint density at radius 2 is 1.68 bits per heavy atom. The summed E-state index contributed by atoms with van der Waals surface area (Å²) >= 11 is 0. The highest BCUT2D eigenvalue weighted by molar-refractivity contribution is 5.91. The van der Waals surface area contributed by atoms with E-state index < -0.39 is 12.7 Å². The summed E-state index contributed by atoms with van der Waals surface area (Å²) in [6.45, 7) is -1.06. The predicted octanol–water partition coefficient (Wildman–Crippen LogP) is 5.11. The quantitative estimate of drug-likeness (QED) is 0.577. The molecule has 3 aromatic rings. The summed E-state index contributed by atoms with van der Waals surface area (Å²) in [5, 5.41) is 2.93. The van der Waals surface area contributed by atoms with Crippen molar-refractivity contribution in [1.82, 2.24) is 5.32 Å². The SMILES string of the molecule is Cc1ccc(C=CC(=O)NC(c2ccccc2)c2ccc(OC(F)F)cc2)o1. The number of alkyl halides is 2. The highest BCUT2D eigenvalue weighted by atomic mass is 19.3. The summed E-state index contributed by atoms with van der Waals surface area (Å²) in [5.41, 5.74) is 1.60. The van der Waals surface area contributed by atoms with Crippen molar-refractivity contribution >= 4 is 12.0 Å². The van der Waals surface area contributed by atoms with Gasteiger partial charge in [-0.3, -0.25) is 4.79 Å². The van der Waals surface area contributed by atoms with E-state index >= 15 is 0 Å². The molecule has 0 saturated heterocycles. The summed E-state index contributed by atoms with van der Waals surface area (Å²) in [7, 11) is 0. The first-order valence-corrected chi connectivity index (χ1v) is 8.66. The van der Waals surface area contributed by atoms with Crippen molar-refractivity contribution in [2.75, 3.05) is 0 Å². The fraction of sp³-hybridized carbons (Fsp3) is 0.136. The maximum atomic E-state index is 12.4. The lowest BCUT2D eigenvalue weighted by atomic mass is 9.98. The Morgan fingerprint density at radius 1 is 1.00 bits per heavy atom. The zero-order valence-corrected chi connectivity index (χ0v) is 15.1. The minimum atomic E-state index is -2.88. The van der Waals surface area contributed by atoms with Gasteiger partial charge in [0.05, 0.1) is 6.04 Å². The van der Waals surface area contributed by atoms with Crippen LogP contribution >= 0.6 is 0 Å². The lowest BCUT2D eigenvalue weighted by Crippen LogP contribution is -2.27. The van der Waals surface area contributed by atoms with Gasteiger partial charge in [0.15, 0.2) is 0 Å². The highest BCUT2D eigenvalue weighted by Gasteiger charge is 2.16.